The second-order valence-electron chi connectivity index (χ2n) is 11.8. The van der Waals surface area contributed by atoms with Gasteiger partial charge in [-0.1, -0.05) is 129 Å². The predicted octanol–water partition coefficient (Wildman–Crippen LogP) is 9.19. The van der Waals surface area contributed by atoms with Crippen LogP contribution in [0.15, 0.2) is 12.2 Å². The Morgan fingerprint density at radius 3 is 1.61 bits per heavy atom. The molecule has 0 spiro atoms. The van der Waals surface area contributed by atoms with E-state index in [2.05, 4.69) is 55.6 Å². The van der Waals surface area contributed by atoms with Gasteiger partial charge in [-0.3, -0.25) is 4.79 Å². The Labute approximate surface area is 239 Å². The van der Waals surface area contributed by atoms with Crippen molar-refractivity contribution in [1.82, 2.24) is 15.5 Å². The lowest BCUT2D eigenvalue weighted by atomic mass is 10.0. The molecule has 1 amide bonds. The molecular weight excluding hydrogens is 466 g/mol. The van der Waals surface area contributed by atoms with Crippen LogP contribution < -0.4 is 10.6 Å². The molecule has 4 heteroatoms. The summed E-state index contributed by atoms with van der Waals surface area (Å²) in [6, 6.07) is -0.0260. The summed E-state index contributed by atoms with van der Waals surface area (Å²) in [6.45, 7) is 7.36. The second kappa shape index (κ2) is 30.7. The highest BCUT2D eigenvalue weighted by molar-refractivity contribution is 5.81. The number of carbonyl (C=O) groups is 1. The van der Waals surface area contributed by atoms with Crippen molar-refractivity contribution in [2.45, 2.75) is 168 Å². The first-order valence-corrected chi connectivity index (χ1v) is 16.9. The van der Waals surface area contributed by atoms with Crippen LogP contribution in [0.3, 0.4) is 0 Å². The van der Waals surface area contributed by atoms with Crippen LogP contribution in [0.2, 0.25) is 0 Å². The lowest BCUT2D eigenvalue weighted by Gasteiger charge is -2.19. The van der Waals surface area contributed by atoms with Gasteiger partial charge in [0.25, 0.3) is 0 Å². The van der Waals surface area contributed by atoms with E-state index in [0.717, 1.165) is 45.3 Å². The summed E-state index contributed by atoms with van der Waals surface area (Å²) < 4.78 is 0. The summed E-state index contributed by atoms with van der Waals surface area (Å²) >= 11 is 0. The number of amides is 1. The molecular formula is C34H69N3O. The smallest absolute Gasteiger partial charge is 0.237 e. The zero-order chi connectivity index (χ0) is 27.9. The van der Waals surface area contributed by atoms with Gasteiger partial charge in [-0.05, 0) is 72.1 Å². The van der Waals surface area contributed by atoms with E-state index in [1.54, 1.807) is 0 Å². The third-order valence-corrected chi connectivity index (χ3v) is 7.57. The van der Waals surface area contributed by atoms with Crippen molar-refractivity contribution in [3.05, 3.63) is 12.2 Å². The highest BCUT2D eigenvalue weighted by Crippen LogP contribution is 2.11. The Kier molecular flexibility index (Phi) is 30.0. The fourth-order valence-electron chi connectivity index (χ4n) is 5.01. The molecule has 0 heterocycles. The molecule has 0 aliphatic heterocycles. The minimum atomic E-state index is -0.0260. The van der Waals surface area contributed by atoms with E-state index in [0.29, 0.717) is 0 Å². The average molecular weight is 536 g/mol. The number of carbonyl (C=O) groups excluding carboxylic acids is 1. The van der Waals surface area contributed by atoms with E-state index in [9.17, 15) is 4.79 Å². The number of nitrogens with zero attached hydrogens (tertiary/aromatic N) is 1. The molecule has 2 N–H and O–H groups in total. The third-order valence-electron chi connectivity index (χ3n) is 7.57. The molecule has 0 saturated heterocycles. The number of rotatable bonds is 30. The maximum atomic E-state index is 12.8. The van der Waals surface area contributed by atoms with Crippen LogP contribution in [0.1, 0.15) is 162 Å². The Morgan fingerprint density at radius 1 is 0.605 bits per heavy atom. The van der Waals surface area contributed by atoms with Crippen molar-refractivity contribution < 1.29 is 4.79 Å². The summed E-state index contributed by atoms with van der Waals surface area (Å²) in [7, 11) is 4.22. The minimum absolute atomic E-state index is 0.0260. The number of allylic oxidation sites excluding steroid dienone is 2. The van der Waals surface area contributed by atoms with Gasteiger partial charge in [0, 0.05) is 6.54 Å². The van der Waals surface area contributed by atoms with Gasteiger partial charge < -0.3 is 15.5 Å². The largest absolute Gasteiger partial charge is 0.355 e. The van der Waals surface area contributed by atoms with E-state index in [4.69, 9.17) is 0 Å². The molecule has 0 aromatic rings. The summed E-state index contributed by atoms with van der Waals surface area (Å²) in [4.78, 5) is 15.1. The molecule has 1 unspecified atom stereocenters. The zero-order valence-corrected chi connectivity index (χ0v) is 26.5. The third kappa shape index (κ3) is 28.1. The standard InChI is InChI=1S/C34H69N3O/c1-5-7-9-11-13-14-15-16-17-18-19-20-21-23-25-27-30-36-34(38)33(35-31-28-32-37(3)4)29-26-24-22-12-10-8-6-2/h16-17,33,35H,5-15,18-32H2,1-4H3,(H,36,38)/b17-16-. The fourth-order valence-corrected chi connectivity index (χ4v) is 5.01. The predicted molar refractivity (Wildman–Crippen MR) is 170 cm³/mol. The number of unbranched alkanes of at least 4 members (excludes halogenated alkanes) is 18. The van der Waals surface area contributed by atoms with E-state index in [1.165, 1.54) is 122 Å². The lowest BCUT2D eigenvalue weighted by Crippen LogP contribution is -2.45. The first-order valence-electron chi connectivity index (χ1n) is 16.9. The van der Waals surface area contributed by atoms with Crippen LogP contribution in [0.5, 0.6) is 0 Å². The van der Waals surface area contributed by atoms with Gasteiger partial charge in [0.2, 0.25) is 5.91 Å². The Hall–Kier alpha value is -0.870. The first kappa shape index (κ1) is 37.1. The lowest BCUT2D eigenvalue weighted by molar-refractivity contribution is -0.123. The number of hydrogen-bond donors (Lipinski definition) is 2. The van der Waals surface area contributed by atoms with Crippen LogP contribution in [-0.2, 0) is 4.79 Å². The molecule has 0 saturated carbocycles. The van der Waals surface area contributed by atoms with Crippen LogP contribution >= 0.6 is 0 Å². The van der Waals surface area contributed by atoms with Crippen LogP contribution in [0, 0.1) is 0 Å². The maximum absolute atomic E-state index is 12.8. The van der Waals surface area contributed by atoms with E-state index < -0.39 is 0 Å². The van der Waals surface area contributed by atoms with Crippen LogP contribution in [0.4, 0.5) is 0 Å². The summed E-state index contributed by atoms with van der Waals surface area (Å²) in [5, 5.41) is 6.78. The summed E-state index contributed by atoms with van der Waals surface area (Å²) in [5.41, 5.74) is 0. The fraction of sp³-hybridized carbons (Fsp3) is 0.912. The van der Waals surface area contributed by atoms with Crippen molar-refractivity contribution in [3.63, 3.8) is 0 Å². The van der Waals surface area contributed by atoms with E-state index in [1.807, 2.05) is 0 Å². The van der Waals surface area contributed by atoms with Gasteiger partial charge in [0.1, 0.15) is 0 Å². The molecule has 0 aliphatic carbocycles. The van der Waals surface area contributed by atoms with Gasteiger partial charge in [-0.15, -0.1) is 0 Å². The van der Waals surface area contributed by atoms with E-state index >= 15 is 0 Å². The summed E-state index contributed by atoms with van der Waals surface area (Å²) in [6.07, 6.45) is 34.4. The molecule has 38 heavy (non-hydrogen) atoms. The first-order chi connectivity index (χ1) is 18.6. The van der Waals surface area contributed by atoms with Gasteiger partial charge in [0.05, 0.1) is 6.04 Å². The zero-order valence-electron chi connectivity index (χ0n) is 26.5. The van der Waals surface area contributed by atoms with Crippen molar-refractivity contribution >= 4 is 5.91 Å². The average Bonchev–Trinajstić information content (AvgIpc) is 2.90. The van der Waals surface area contributed by atoms with Gasteiger partial charge in [-0.2, -0.15) is 0 Å². The van der Waals surface area contributed by atoms with Crippen molar-refractivity contribution in [2.75, 3.05) is 33.7 Å². The molecule has 1 atom stereocenters. The summed E-state index contributed by atoms with van der Waals surface area (Å²) in [5.74, 6) is 0.216. The topological polar surface area (TPSA) is 44.4 Å². The minimum Gasteiger partial charge on any atom is -0.355 e. The highest BCUT2D eigenvalue weighted by atomic mass is 16.2. The quantitative estimate of drug-likeness (QED) is 0.0711. The van der Waals surface area contributed by atoms with Gasteiger partial charge in [-0.25, -0.2) is 0 Å². The van der Waals surface area contributed by atoms with Crippen molar-refractivity contribution in [2.24, 2.45) is 0 Å². The molecule has 0 rings (SSSR count). The molecule has 0 aliphatic rings. The molecule has 0 aromatic heterocycles. The number of nitrogens with one attached hydrogen (secondary N) is 2. The Morgan fingerprint density at radius 2 is 1.08 bits per heavy atom. The molecule has 0 fully saturated rings. The SMILES string of the molecule is CCCCCCCC/C=C\CCCCCCCCNC(=O)C(CCCCCCCCC)NCCCN(C)C. The molecule has 0 aromatic carbocycles. The highest BCUT2D eigenvalue weighted by Gasteiger charge is 2.16. The van der Waals surface area contributed by atoms with Crippen LogP contribution in [0.25, 0.3) is 0 Å². The van der Waals surface area contributed by atoms with Crippen molar-refractivity contribution in [3.8, 4) is 0 Å². The molecule has 4 nitrogen and oxygen atoms in total. The normalized spacial score (nSPS) is 12.6. The Balaban J connectivity index is 3.81. The molecule has 0 radical (unpaired) electrons. The van der Waals surface area contributed by atoms with E-state index in [-0.39, 0.29) is 11.9 Å². The second-order valence-corrected chi connectivity index (χ2v) is 11.8. The van der Waals surface area contributed by atoms with Crippen LogP contribution in [-0.4, -0.2) is 50.6 Å². The Bertz CT molecular complexity index is 506. The molecule has 0 bridgehead atoms. The monoisotopic (exact) mass is 536 g/mol. The number of hydrogen-bond acceptors (Lipinski definition) is 3. The maximum Gasteiger partial charge on any atom is 0.237 e. The van der Waals surface area contributed by atoms with Gasteiger partial charge >= 0.3 is 0 Å². The van der Waals surface area contributed by atoms with Gasteiger partial charge in [0.15, 0.2) is 0 Å². The van der Waals surface area contributed by atoms with Crippen molar-refractivity contribution in [1.29, 1.82) is 0 Å². The molecule has 226 valence electrons.